The summed E-state index contributed by atoms with van der Waals surface area (Å²) >= 11 is 7.77. The van der Waals surface area contributed by atoms with Crippen molar-refractivity contribution in [3.63, 3.8) is 0 Å². The summed E-state index contributed by atoms with van der Waals surface area (Å²) in [5, 5.41) is 6.52. The molecule has 0 aliphatic rings. The fourth-order valence-corrected chi connectivity index (χ4v) is 3.11. The molecule has 0 aliphatic carbocycles. The number of aryl methyl sites for hydroxylation is 2. The molecule has 3 nitrogen and oxygen atoms in total. The lowest BCUT2D eigenvalue weighted by atomic mass is 10.2. The molecule has 17 heavy (non-hydrogen) atoms. The molecule has 0 atom stereocenters. The maximum atomic E-state index is 6.00. The van der Waals surface area contributed by atoms with Crippen molar-refractivity contribution in [1.82, 2.24) is 9.78 Å². The Hall–Kier alpha value is -1.00. The fraction of sp³-hybridized carbons (Fsp3) is 0.417. The van der Waals surface area contributed by atoms with E-state index in [2.05, 4.69) is 34.6 Å². The molecular formula is C12H16ClN3S. The molecule has 0 saturated carbocycles. The Morgan fingerprint density at radius 3 is 2.88 bits per heavy atom. The number of anilines is 1. The van der Waals surface area contributed by atoms with Crippen molar-refractivity contribution in [3.8, 4) is 0 Å². The van der Waals surface area contributed by atoms with Crippen molar-refractivity contribution in [2.24, 2.45) is 7.05 Å². The predicted molar refractivity (Wildman–Crippen MR) is 73.9 cm³/mol. The Labute approximate surface area is 111 Å². The summed E-state index contributed by atoms with van der Waals surface area (Å²) in [7, 11) is 4.04. The lowest BCUT2D eigenvalue weighted by Crippen LogP contribution is -2.19. The second-order valence-corrected chi connectivity index (χ2v) is 5.38. The minimum absolute atomic E-state index is 0.504. The third kappa shape index (κ3) is 2.48. The summed E-state index contributed by atoms with van der Waals surface area (Å²) in [5.74, 6) is 1.61. The van der Waals surface area contributed by atoms with Crippen LogP contribution in [0, 0.1) is 6.92 Å². The number of halogens is 1. The van der Waals surface area contributed by atoms with Gasteiger partial charge < -0.3 is 4.90 Å². The van der Waals surface area contributed by atoms with Crippen LogP contribution in [-0.2, 0) is 19.5 Å². The molecule has 2 aromatic heterocycles. The van der Waals surface area contributed by atoms with E-state index < -0.39 is 0 Å². The average Bonchev–Trinajstić information content (AvgIpc) is 2.85. The molecule has 0 spiro atoms. The highest BCUT2D eigenvalue weighted by molar-refractivity contribution is 7.09. The predicted octanol–water partition coefficient (Wildman–Crippen LogP) is 3.17. The molecule has 0 amide bonds. The van der Waals surface area contributed by atoms with Crippen molar-refractivity contribution < 1.29 is 0 Å². The molecule has 92 valence electrons. The Bertz CT molecular complexity index is 490. The number of hydrogen-bond acceptors (Lipinski definition) is 3. The Morgan fingerprint density at radius 1 is 1.53 bits per heavy atom. The molecule has 0 aliphatic heterocycles. The number of nitrogens with zero attached hydrogens (tertiary/aromatic N) is 3. The Kier molecular flexibility index (Phi) is 3.74. The largest absolute Gasteiger partial charge is 0.354 e. The van der Waals surface area contributed by atoms with Gasteiger partial charge in [-0.25, -0.2) is 0 Å². The number of thiophene rings is 1. The van der Waals surface area contributed by atoms with E-state index in [0.29, 0.717) is 5.88 Å². The standard InChI is InChI=1S/C12H16ClN3S/c1-9-11(7-13)12(16(3)14-9)15(2)8-10-5-4-6-17-10/h4-6H,7-8H2,1-3H3. The van der Waals surface area contributed by atoms with E-state index in [1.54, 1.807) is 11.3 Å². The van der Waals surface area contributed by atoms with Gasteiger partial charge >= 0.3 is 0 Å². The highest BCUT2D eigenvalue weighted by Crippen LogP contribution is 2.25. The first kappa shape index (κ1) is 12.5. The van der Waals surface area contributed by atoms with E-state index in [0.717, 1.165) is 23.6 Å². The van der Waals surface area contributed by atoms with Gasteiger partial charge in [-0.2, -0.15) is 5.10 Å². The van der Waals surface area contributed by atoms with E-state index >= 15 is 0 Å². The molecule has 0 radical (unpaired) electrons. The van der Waals surface area contributed by atoms with Gasteiger partial charge in [0.2, 0.25) is 0 Å². The summed E-state index contributed by atoms with van der Waals surface area (Å²) < 4.78 is 1.90. The second kappa shape index (κ2) is 5.10. The molecule has 2 aromatic rings. The zero-order valence-corrected chi connectivity index (χ0v) is 11.8. The van der Waals surface area contributed by atoms with Crippen LogP contribution in [0.25, 0.3) is 0 Å². The van der Waals surface area contributed by atoms with Gasteiger partial charge in [0.15, 0.2) is 0 Å². The van der Waals surface area contributed by atoms with E-state index in [1.165, 1.54) is 4.88 Å². The lowest BCUT2D eigenvalue weighted by Gasteiger charge is -2.19. The average molecular weight is 270 g/mol. The molecule has 2 heterocycles. The van der Waals surface area contributed by atoms with Crippen LogP contribution >= 0.6 is 22.9 Å². The van der Waals surface area contributed by atoms with Gasteiger partial charge in [0.25, 0.3) is 0 Å². The van der Waals surface area contributed by atoms with Gasteiger partial charge in [0, 0.05) is 24.5 Å². The van der Waals surface area contributed by atoms with Crippen LogP contribution in [0.4, 0.5) is 5.82 Å². The number of aromatic nitrogens is 2. The summed E-state index contributed by atoms with van der Waals surface area (Å²) in [4.78, 5) is 3.54. The molecule has 5 heteroatoms. The molecule has 0 N–H and O–H groups in total. The van der Waals surface area contributed by atoms with Crippen LogP contribution in [0.2, 0.25) is 0 Å². The first-order valence-corrected chi connectivity index (χ1v) is 6.87. The maximum Gasteiger partial charge on any atom is 0.131 e. The number of hydrogen-bond donors (Lipinski definition) is 0. The van der Waals surface area contributed by atoms with Gasteiger partial charge in [-0.05, 0) is 18.4 Å². The van der Waals surface area contributed by atoms with Crippen LogP contribution in [0.1, 0.15) is 16.1 Å². The molecule has 0 fully saturated rings. The summed E-state index contributed by atoms with van der Waals surface area (Å²) in [6, 6.07) is 4.22. The molecule has 0 saturated heterocycles. The van der Waals surface area contributed by atoms with Crippen LogP contribution in [0.5, 0.6) is 0 Å². The third-order valence-electron chi connectivity index (χ3n) is 2.78. The topological polar surface area (TPSA) is 21.1 Å². The minimum atomic E-state index is 0.504. The lowest BCUT2D eigenvalue weighted by molar-refractivity contribution is 0.728. The first-order chi connectivity index (χ1) is 8.13. The van der Waals surface area contributed by atoms with Gasteiger partial charge in [-0.1, -0.05) is 6.07 Å². The second-order valence-electron chi connectivity index (χ2n) is 4.08. The van der Waals surface area contributed by atoms with Gasteiger partial charge in [-0.3, -0.25) is 4.68 Å². The zero-order chi connectivity index (χ0) is 12.4. The van der Waals surface area contributed by atoms with E-state index in [1.807, 2.05) is 18.7 Å². The van der Waals surface area contributed by atoms with Gasteiger partial charge in [-0.15, -0.1) is 22.9 Å². The van der Waals surface area contributed by atoms with Crippen LogP contribution in [-0.4, -0.2) is 16.8 Å². The van der Waals surface area contributed by atoms with E-state index in [9.17, 15) is 0 Å². The molecule has 0 aromatic carbocycles. The minimum Gasteiger partial charge on any atom is -0.354 e. The smallest absolute Gasteiger partial charge is 0.131 e. The highest BCUT2D eigenvalue weighted by atomic mass is 35.5. The molecular weight excluding hydrogens is 254 g/mol. The quantitative estimate of drug-likeness (QED) is 0.795. The van der Waals surface area contributed by atoms with Crippen LogP contribution < -0.4 is 4.90 Å². The zero-order valence-electron chi connectivity index (χ0n) is 10.3. The summed E-state index contributed by atoms with van der Waals surface area (Å²) in [6.45, 7) is 2.89. The maximum absolute atomic E-state index is 6.00. The van der Waals surface area contributed by atoms with Crippen molar-refractivity contribution >= 4 is 28.8 Å². The van der Waals surface area contributed by atoms with Crippen molar-refractivity contribution in [3.05, 3.63) is 33.6 Å². The Morgan fingerprint density at radius 2 is 2.29 bits per heavy atom. The fourth-order valence-electron chi connectivity index (χ4n) is 2.03. The summed E-state index contributed by atoms with van der Waals surface area (Å²) in [5.41, 5.74) is 2.13. The SMILES string of the molecule is Cc1nn(C)c(N(C)Cc2cccs2)c1CCl. The third-order valence-corrected chi connectivity index (χ3v) is 3.91. The monoisotopic (exact) mass is 269 g/mol. The number of rotatable bonds is 4. The Balaban J connectivity index is 2.27. The van der Waals surface area contributed by atoms with Crippen LogP contribution in [0.15, 0.2) is 17.5 Å². The van der Waals surface area contributed by atoms with Gasteiger partial charge in [0.05, 0.1) is 18.1 Å². The number of alkyl halides is 1. The summed E-state index contributed by atoms with van der Waals surface area (Å²) in [6.07, 6.45) is 0. The normalized spacial score (nSPS) is 10.8. The highest BCUT2D eigenvalue weighted by Gasteiger charge is 2.16. The van der Waals surface area contributed by atoms with Crippen molar-refractivity contribution in [2.45, 2.75) is 19.3 Å². The van der Waals surface area contributed by atoms with Crippen molar-refractivity contribution in [2.75, 3.05) is 11.9 Å². The molecule has 0 unspecified atom stereocenters. The van der Waals surface area contributed by atoms with Crippen molar-refractivity contribution in [1.29, 1.82) is 0 Å². The van der Waals surface area contributed by atoms with Crippen LogP contribution in [0.3, 0.4) is 0 Å². The first-order valence-electron chi connectivity index (χ1n) is 5.45. The van der Waals surface area contributed by atoms with Gasteiger partial charge in [0.1, 0.15) is 5.82 Å². The molecule has 2 rings (SSSR count). The van der Waals surface area contributed by atoms with E-state index in [4.69, 9.17) is 11.6 Å². The molecule has 0 bridgehead atoms. The van der Waals surface area contributed by atoms with E-state index in [-0.39, 0.29) is 0 Å².